The molecule has 7 nitrogen and oxygen atoms in total. The summed E-state index contributed by atoms with van der Waals surface area (Å²) in [6, 6.07) is 3.18. The van der Waals surface area contributed by atoms with Gasteiger partial charge in [0.15, 0.2) is 5.82 Å². The summed E-state index contributed by atoms with van der Waals surface area (Å²) in [6.07, 6.45) is 0. The van der Waals surface area contributed by atoms with Crippen LogP contribution in [0.2, 0.25) is 5.15 Å². The zero-order valence-electron chi connectivity index (χ0n) is 11.4. The first-order valence-corrected chi connectivity index (χ1v) is 6.36. The lowest BCUT2D eigenvalue weighted by molar-refractivity contribution is 0.0781. The lowest BCUT2D eigenvalue weighted by Gasteiger charge is -2.15. The van der Waals surface area contributed by atoms with Crippen molar-refractivity contribution in [2.75, 3.05) is 19.4 Å². The summed E-state index contributed by atoms with van der Waals surface area (Å²) in [5, 5.41) is 9.87. The van der Waals surface area contributed by atoms with Crippen LogP contribution in [0.15, 0.2) is 12.1 Å². The normalized spacial score (nSPS) is 10.4. The van der Waals surface area contributed by atoms with Crippen molar-refractivity contribution in [3.63, 3.8) is 0 Å². The smallest absolute Gasteiger partial charge is 0.254 e. The molecule has 2 heterocycles. The molecule has 2 aromatic rings. The molecule has 0 aromatic carbocycles. The number of anilines is 1. The maximum absolute atomic E-state index is 12.3. The Kier molecular flexibility index (Phi) is 4.19. The van der Waals surface area contributed by atoms with Crippen molar-refractivity contribution in [1.82, 2.24) is 25.1 Å². The standard InChI is InChI=1S/C12H15ClN6O/c1-7-15-11(18-17-7)6-19(3)12(20)8-4-9(13)16-10(5-8)14-2/h4-5H,6H2,1-3H3,(H,14,16)(H,15,17,18). The van der Waals surface area contributed by atoms with E-state index in [1.165, 1.54) is 11.0 Å². The fourth-order valence-corrected chi connectivity index (χ4v) is 1.92. The third kappa shape index (κ3) is 3.24. The van der Waals surface area contributed by atoms with E-state index < -0.39 is 0 Å². The van der Waals surface area contributed by atoms with Crippen LogP contribution in [0, 0.1) is 6.92 Å². The monoisotopic (exact) mass is 294 g/mol. The van der Waals surface area contributed by atoms with E-state index in [1.54, 1.807) is 27.1 Å². The molecule has 2 N–H and O–H groups in total. The Morgan fingerprint density at radius 2 is 2.20 bits per heavy atom. The summed E-state index contributed by atoms with van der Waals surface area (Å²) in [5.74, 6) is 1.65. The fourth-order valence-electron chi connectivity index (χ4n) is 1.71. The zero-order chi connectivity index (χ0) is 14.7. The van der Waals surface area contributed by atoms with Crippen LogP contribution in [0.25, 0.3) is 0 Å². The number of hydrogen-bond acceptors (Lipinski definition) is 5. The van der Waals surface area contributed by atoms with E-state index in [2.05, 4.69) is 25.5 Å². The van der Waals surface area contributed by atoms with Gasteiger partial charge in [-0.2, -0.15) is 5.10 Å². The number of aromatic amines is 1. The van der Waals surface area contributed by atoms with E-state index in [0.29, 0.717) is 29.6 Å². The van der Waals surface area contributed by atoms with Crippen LogP contribution < -0.4 is 5.32 Å². The highest BCUT2D eigenvalue weighted by Gasteiger charge is 2.15. The second kappa shape index (κ2) is 5.87. The highest BCUT2D eigenvalue weighted by atomic mass is 35.5. The van der Waals surface area contributed by atoms with Gasteiger partial charge in [-0.3, -0.25) is 9.89 Å². The van der Waals surface area contributed by atoms with Crippen molar-refractivity contribution >= 4 is 23.3 Å². The Bertz CT molecular complexity index is 626. The maximum atomic E-state index is 12.3. The molecule has 0 aliphatic rings. The van der Waals surface area contributed by atoms with Gasteiger partial charge in [0, 0.05) is 19.7 Å². The second-order valence-corrected chi connectivity index (χ2v) is 4.70. The van der Waals surface area contributed by atoms with Gasteiger partial charge in [0.2, 0.25) is 0 Å². The fraction of sp³-hybridized carbons (Fsp3) is 0.333. The number of carbonyl (C=O) groups is 1. The Balaban J connectivity index is 2.15. The average Bonchev–Trinajstić information content (AvgIpc) is 2.82. The van der Waals surface area contributed by atoms with Crippen LogP contribution in [-0.4, -0.2) is 45.1 Å². The first-order chi connectivity index (χ1) is 9.49. The molecule has 0 aliphatic carbocycles. The predicted octanol–water partition coefficient (Wildman–Crippen LogP) is 1.48. The van der Waals surface area contributed by atoms with Gasteiger partial charge in [-0.05, 0) is 19.1 Å². The molecule has 0 atom stereocenters. The SMILES string of the molecule is CNc1cc(C(=O)N(C)Cc2n[nH]c(C)n2)cc(Cl)n1. The van der Waals surface area contributed by atoms with E-state index in [0.717, 1.165) is 0 Å². The van der Waals surface area contributed by atoms with E-state index in [4.69, 9.17) is 11.6 Å². The van der Waals surface area contributed by atoms with Crippen LogP contribution in [0.4, 0.5) is 5.82 Å². The zero-order valence-corrected chi connectivity index (χ0v) is 12.2. The number of nitrogens with zero attached hydrogens (tertiary/aromatic N) is 4. The first-order valence-electron chi connectivity index (χ1n) is 5.98. The highest BCUT2D eigenvalue weighted by molar-refractivity contribution is 6.29. The molecule has 8 heteroatoms. The van der Waals surface area contributed by atoms with Crippen molar-refractivity contribution in [2.24, 2.45) is 0 Å². The molecule has 0 radical (unpaired) electrons. The predicted molar refractivity (Wildman–Crippen MR) is 75.7 cm³/mol. The Morgan fingerprint density at radius 1 is 1.45 bits per heavy atom. The second-order valence-electron chi connectivity index (χ2n) is 4.31. The number of H-pyrrole nitrogens is 1. The van der Waals surface area contributed by atoms with Crippen molar-refractivity contribution in [3.05, 3.63) is 34.5 Å². The number of pyridine rings is 1. The lowest BCUT2D eigenvalue weighted by Crippen LogP contribution is -2.27. The van der Waals surface area contributed by atoms with Crippen molar-refractivity contribution < 1.29 is 4.79 Å². The molecule has 20 heavy (non-hydrogen) atoms. The molecule has 2 rings (SSSR count). The minimum Gasteiger partial charge on any atom is -0.373 e. The highest BCUT2D eigenvalue weighted by Crippen LogP contribution is 2.16. The van der Waals surface area contributed by atoms with Gasteiger partial charge in [-0.1, -0.05) is 11.6 Å². The number of nitrogens with one attached hydrogen (secondary N) is 2. The molecule has 0 fully saturated rings. The number of halogens is 1. The third-order valence-corrected chi connectivity index (χ3v) is 2.86. The summed E-state index contributed by atoms with van der Waals surface area (Å²) in [6.45, 7) is 2.12. The lowest BCUT2D eigenvalue weighted by atomic mass is 10.2. The number of hydrogen-bond donors (Lipinski definition) is 2. The quantitative estimate of drug-likeness (QED) is 0.834. The van der Waals surface area contributed by atoms with Crippen molar-refractivity contribution in [2.45, 2.75) is 13.5 Å². The Hall–Kier alpha value is -2.15. The molecule has 0 saturated heterocycles. The topological polar surface area (TPSA) is 86.8 Å². The summed E-state index contributed by atoms with van der Waals surface area (Å²) >= 11 is 5.89. The minimum atomic E-state index is -0.173. The molecular weight excluding hydrogens is 280 g/mol. The largest absolute Gasteiger partial charge is 0.373 e. The van der Waals surface area contributed by atoms with Crippen LogP contribution in [0.3, 0.4) is 0 Å². The van der Waals surface area contributed by atoms with Crippen LogP contribution in [0.5, 0.6) is 0 Å². The number of aromatic nitrogens is 4. The van der Waals surface area contributed by atoms with Crippen molar-refractivity contribution in [1.29, 1.82) is 0 Å². The summed E-state index contributed by atoms with van der Waals surface area (Å²) in [7, 11) is 3.40. The van der Waals surface area contributed by atoms with Gasteiger partial charge in [0.1, 0.15) is 16.8 Å². The molecule has 0 bridgehead atoms. The molecule has 0 unspecified atom stereocenters. The van der Waals surface area contributed by atoms with Gasteiger partial charge in [-0.25, -0.2) is 9.97 Å². The molecule has 0 saturated carbocycles. The Morgan fingerprint density at radius 3 is 2.80 bits per heavy atom. The number of amides is 1. The number of aryl methyl sites for hydroxylation is 1. The van der Waals surface area contributed by atoms with E-state index in [-0.39, 0.29) is 11.1 Å². The molecule has 2 aromatic heterocycles. The number of rotatable bonds is 4. The van der Waals surface area contributed by atoms with Crippen molar-refractivity contribution in [3.8, 4) is 0 Å². The van der Waals surface area contributed by atoms with E-state index in [9.17, 15) is 4.79 Å². The minimum absolute atomic E-state index is 0.173. The van der Waals surface area contributed by atoms with Gasteiger partial charge < -0.3 is 10.2 Å². The third-order valence-electron chi connectivity index (χ3n) is 2.67. The van der Waals surface area contributed by atoms with Gasteiger partial charge >= 0.3 is 0 Å². The maximum Gasteiger partial charge on any atom is 0.254 e. The van der Waals surface area contributed by atoms with E-state index in [1.807, 2.05) is 0 Å². The molecule has 1 amide bonds. The number of carbonyl (C=O) groups excluding carboxylic acids is 1. The Labute approximate surface area is 121 Å². The van der Waals surface area contributed by atoms with Gasteiger partial charge in [-0.15, -0.1) is 0 Å². The van der Waals surface area contributed by atoms with E-state index >= 15 is 0 Å². The van der Waals surface area contributed by atoms with Crippen LogP contribution in [-0.2, 0) is 6.54 Å². The van der Waals surface area contributed by atoms with Crippen LogP contribution >= 0.6 is 11.6 Å². The average molecular weight is 295 g/mol. The van der Waals surface area contributed by atoms with Gasteiger partial charge in [0.25, 0.3) is 5.91 Å². The molecule has 106 valence electrons. The summed E-state index contributed by atoms with van der Waals surface area (Å²) < 4.78 is 0. The summed E-state index contributed by atoms with van der Waals surface area (Å²) in [5.41, 5.74) is 0.462. The molecule has 0 aliphatic heterocycles. The summed E-state index contributed by atoms with van der Waals surface area (Å²) in [4.78, 5) is 22.0. The van der Waals surface area contributed by atoms with Crippen LogP contribution in [0.1, 0.15) is 22.0 Å². The van der Waals surface area contributed by atoms with Gasteiger partial charge in [0.05, 0.1) is 6.54 Å². The molecule has 0 spiro atoms. The first kappa shape index (κ1) is 14.3. The molecular formula is C12H15ClN6O.